The van der Waals surface area contributed by atoms with E-state index in [0.717, 1.165) is 4.90 Å². The van der Waals surface area contributed by atoms with E-state index in [4.69, 9.17) is 5.26 Å². The van der Waals surface area contributed by atoms with E-state index in [1.54, 1.807) is 30.3 Å². The maximum atomic E-state index is 12.2. The number of nitrogens with one attached hydrogen (secondary N) is 1. The Balaban J connectivity index is 2.20. The monoisotopic (exact) mass is 257 g/mol. The molecule has 6 heteroatoms. The number of amides is 3. The zero-order valence-electron chi connectivity index (χ0n) is 10.00. The molecule has 1 aliphatic rings. The molecule has 1 saturated heterocycles. The summed E-state index contributed by atoms with van der Waals surface area (Å²) in [5.41, 5.74) is 0.549. The number of nitriles is 1. The number of hydrogen-bond acceptors (Lipinski definition) is 4. The topological polar surface area (TPSA) is 90.3 Å². The smallest absolute Gasteiger partial charge is 0.246 e. The molecular formula is C13H11N3O3. The molecule has 1 fully saturated rings. The van der Waals surface area contributed by atoms with Crippen molar-refractivity contribution in [1.29, 1.82) is 5.26 Å². The third kappa shape index (κ3) is 2.77. The average Bonchev–Trinajstić information content (AvgIpc) is 2.39. The summed E-state index contributed by atoms with van der Waals surface area (Å²) < 4.78 is 0. The van der Waals surface area contributed by atoms with Crippen molar-refractivity contribution in [2.24, 2.45) is 0 Å². The number of piperazine rings is 1. The molecule has 1 aliphatic heterocycles. The van der Waals surface area contributed by atoms with Crippen molar-refractivity contribution in [2.45, 2.75) is 5.92 Å². The van der Waals surface area contributed by atoms with Crippen LogP contribution in [0.25, 0.3) is 0 Å². The summed E-state index contributed by atoms with van der Waals surface area (Å²) >= 11 is 0. The predicted molar refractivity (Wildman–Crippen MR) is 64.5 cm³/mol. The van der Waals surface area contributed by atoms with Crippen LogP contribution < -0.4 is 5.32 Å². The van der Waals surface area contributed by atoms with E-state index in [0.29, 0.717) is 5.56 Å². The lowest BCUT2D eigenvalue weighted by Gasteiger charge is -2.27. The zero-order chi connectivity index (χ0) is 13.8. The van der Waals surface area contributed by atoms with E-state index >= 15 is 0 Å². The maximum absolute atomic E-state index is 12.2. The lowest BCUT2D eigenvalue weighted by molar-refractivity contribution is -0.145. The first-order chi connectivity index (χ1) is 9.11. The lowest BCUT2D eigenvalue weighted by atomic mass is 9.99. The van der Waals surface area contributed by atoms with Crippen LogP contribution in [0.15, 0.2) is 30.3 Å². The van der Waals surface area contributed by atoms with Gasteiger partial charge in [-0.3, -0.25) is 19.7 Å². The molecule has 1 atom stereocenters. The van der Waals surface area contributed by atoms with Crippen LogP contribution in [0.4, 0.5) is 0 Å². The first kappa shape index (κ1) is 12.8. The highest BCUT2D eigenvalue weighted by Gasteiger charge is 2.31. The Kier molecular flexibility index (Phi) is 3.57. The molecule has 3 amide bonds. The van der Waals surface area contributed by atoms with Crippen molar-refractivity contribution in [3.8, 4) is 6.07 Å². The quantitative estimate of drug-likeness (QED) is 0.741. The van der Waals surface area contributed by atoms with E-state index < -0.39 is 23.6 Å². The number of benzene rings is 1. The molecular weight excluding hydrogens is 246 g/mol. The molecule has 1 aromatic rings. The summed E-state index contributed by atoms with van der Waals surface area (Å²) in [5, 5.41) is 11.2. The van der Waals surface area contributed by atoms with Crippen LogP contribution in [0.2, 0.25) is 0 Å². The summed E-state index contributed by atoms with van der Waals surface area (Å²) in [6, 6.07) is 10.5. The summed E-state index contributed by atoms with van der Waals surface area (Å²) in [7, 11) is 0. The summed E-state index contributed by atoms with van der Waals surface area (Å²) in [5.74, 6) is -2.60. The molecule has 1 unspecified atom stereocenters. The van der Waals surface area contributed by atoms with Crippen molar-refractivity contribution in [3.63, 3.8) is 0 Å². The molecule has 0 aliphatic carbocycles. The van der Waals surface area contributed by atoms with Crippen molar-refractivity contribution < 1.29 is 14.4 Å². The minimum absolute atomic E-state index is 0.199. The molecule has 2 rings (SSSR count). The third-order valence-electron chi connectivity index (χ3n) is 2.77. The summed E-state index contributed by atoms with van der Waals surface area (Å²) in [6.45, 7) is -0.398. The van der Waals surface area contributed by atoms with Gasteiger partial charge in [-0.05, 0) is 5.56 Å². The Hall–Kier alpha value is -2.68. The maximum Gasteiger partial charge on any atom is 0.246 e. The minimum atomic E-state index is -1.00. The van der Waals surface area contributed by atoms with Gasteiger partial charge in [0, 0.05) is 0 Å². The molecule has 1 N–H and O–H groups in total. The number of carbonyl (C=O) groups is 3. The van der Waals surface area contributed by atoms with Gasteiger partial charge in [0.15, 0.2) is 0 Å². The molecule has 6 nitrogen and oxygen atoms in total. The zero-order valence-corrected chi connectivity index (χ0v) is 10.00. The second-order valence-corrected chi connectivity index (χ2v) is 4.14. The highest BCUT2D eigenvalue weighted by atomic mass is 16.2. The number of imide groups is 1. The van der Waals surface area contributed by atoms with Gasteiger partial charge in [-0.25, -0.2) is 0 Å². The van der Waals surface area contributed by atoms with Crippen molar-refractivity contribution in [3.05, 3.63) is 35.9 Å². The van der Waals surface area contributed by atoms with Crippen LogP contribution in [-0.4, -0.2) is 35.7 Å². The van der Waals surface area contributed by atoms with Gasteiger partial charge < -0.3 is 4.90 Å². The Morgan fingerprint density at radius 1 is 1.21 bits per heavy atom. The first-order valence-corrected chi connectivity index (χ1v) is 5.68. The normalized spacial score (nSPS) is 16.5. The number of nitrogens with zero attached hydrogens (tertiary/aromatic N) is 2. The van der Waals surface area contributed by atoms with Gasteiger partial charge in [-0.2, -0.15) is 5.26 Å². The van der Waals surface area contributed by atoms with Gasteiger partial charge in [0.05, 0.1) is 6.07 Å². The molecule has 1 heterocycles. The van der Waals surface area contributed by atoms with Crippen LogP contribution in [0, 0.1) is 11.3 Å². The average molecular weight is 257 g/mol. The lowest BCUT2D eigenvalue weighted by Crippen LogP contribution is -2.54. The van der Waals surface area contributed by atoms with Crippen molar-refractivity contribution >= 4 is 17.7 Å². The Bertz CT molecular complexity index is 546. The number of hydrogen-bond donors (Lipinski definition) is 1. The van der Waals surface area contributed by atoms with Crippen molar-refractivity contribution in [1.82, 2.24) is 10.2 Å². The number of carbonyl (C=O) groups excluding carboxylic acids is 3. The molecule has 0 bridgehead atoms. The van der Waals surface area contributed by atoms with Crippen LogP contribution in [0.5, 0.6) is 0 Å². The molecule has 19 heavy (non-hydrogen) atoms. The standard InChI is InChI=1S/C13H11N3O3/c14-6-10(9-4-2-1-3-5-9)13(19)16-7-11(17)15-12(18)8-16/h1-5,10H,7-8H2,(H,15,17,18). The number of rotatable bonds is 2. The molecule has 0 radical (unpaired) electrons. The van der Waals surface area contributed by atoms with E-state index in [1.165, 1.54) is 0 Å². The molecule has 1 aromatic carbocycles. The van der Waals surface area contributed by atoms with E-state index in [9.17, 15) is 14.4 Å². The largest absolute Gasteiger partial charge is 0.323 e. The first-order valence-electron chi connectivity index (χ1n) is 5.68. The van der Waals surface area contributed by atoms with E-state index in [-0.39, 0.29) is 13.1 Å². The Labute approximate surface area is 109 Å². The third-order valence-corrected chi connectivity index (χ3v) is 2.77. The van der Waals surface area contributed by atoms with Gasteiger partial charge in [-0.1, -0.05) is 30.3 Å². The fourth-order valence-electron chi connectivity index (χ4n) is 1.89. The molecule has 0 saturated carbocycles. The Morgan fingerprint density at radius 2 is 1.79 bits per heavy atom. The molecule has 0 aromatic heterocycles. The summed E-state index contributed by atoms with van der Waals surface area (Å²) in [6.07, 6.45) is 0. The second-order valence-electron chi connectivity index (χ2n) is 4.14. The van der Waals surface area contributed by atoms with Crippen LogP contribution >= 0.6 is 0 Å². The van der Waals surface area contributed by atoms with Gasteiger partial charge in [0.1, 0.15) is 19.0 Å². The highest BCUT2D eigenvalue weighted by Crippen LogP contribution is 2.18. The van der Waals surface area contributed by atoms with Gasteiger partial charge in [0.2, 0.25) is 17.7 Å². The predicted octanol–water partition coefficient (Wildman–Crippen LogP) is -0.221. The fourth-order valence-corrected chi connectivity index (χ4v) is 1.89. The van der Waals surface area contributed by atoms with E-state index in [1.807, 2.05) is 6.07 Å². The van der Waals surface area contributed by atoms with Crippen LogP contribution in [0.3, 0.4) is 0 Å². The van der Waals surface area contributed by atoms with Crippen LogP contribution in [0.1, 0.15) is 11.5 Å². The van der Waals surface area contributed by atoms with Crippen LogP contribution in [-0.2, 0) is 14.4 Å². The molecule has 96 valence electrons. The fraction of sp³-hybridized carbons (Fsp3) is 0.231. The second kappa shape index (κ2) is 5.31. The van der Waals surface area contributed by atoms with Crippen molar-refractivity contribution in [2.75, 3.05) is 13.1 Å². The molecule has 0 spiro atoms. The highest BCUT2D eigenvalue weighted by molar-refractivity contribution is 6.03. The Morgan fingerprint density at radius 3 is 2.32 bits per heavy atom. The summed E-state index contributed by atoms with van der Waals surface area (Å²) in [4.78, 5) is 35.7. The van der Waals surface area contributed by atoms with Gasteiger partial charge in [0.25, 0.3) is 0 Å². The van der Waals surface area contributed by atoms with Gasteiger partial charge >= 0.3 is 0 Å². The SMILES string of the molecule is N#CC(C(=O)N1CC(=O)NC(=O)C1)c1ccccc1. The van der Waals surface area contributed by atoms with Gasteiger partial charge in [-0.15, -0.1) is 0 Å². The van der Waals surface area contributed by atoms with E-state index in [2.05, 4.69) is 5.32 Å². The minimum Gasteiger partial charge on any atom is -0.323 e.